The minimum Gasteiger partial charge on any atom is -0.380 e. The first-order chi connectivity index (χ1) is 8.54. The van der Waals surface area contributed by atoms with E-state index < -0.39 is 0 Å². The summed E-state index contributed by atoms with van der Waals surface area (Å²) in [6.07, 6.45) is 0. The lowest BCUT2D eigenvalue weighted by Gasteiger charge is -2.21. The molecule has 1 aromatic heterocycles. The van der Waals surface area contributed by atoms with E-state index >= 15 is 0 Å². The van der Waals surface area contributed by atoms with Crippen LogP contribution in [0.3, 0.4) is 0 Å². The van der Waals surface area contributed by atoms with E-state index in [2.05, 4.69) is 15.5 Å². The van der Waals surface area contributed by atoms with Crippen LogP contribution in [0, 0.1) is 5.92 Å². The minimum absolute atomic E-state index is 0.0464. The number of rotatable bonds is 6. The molecule has 0 aliphatic heterocycles. The molecule has 0 saturated heterocycles. The first-order valence-corrected chi connectivity index (χ1v) is 6.30. The number of halogens is 1. The van der Waals surface area contributed by atoms with Gasteiger partial charge >= 0.3 is 0 Å². The van der Waals surface area contributed by atoms with Crippen molar-refractivity contribution >= 4 is 17.5 Å². The predicted octanol–water partition coefficient (Wildman–Crippen LogP) is 1.92. The molecule has 18 heavy (non-hydrogen) atoms. The summed E-state index contributed by atoms with van der Waals surface area (Å²) in [7, 11) is 0. The lowest BCUT2D eigenvalue weighted by atomic mass is 10.1. The van der Waals surface area contributed by atoms with Gasteiger partial charge in [-0.1, -0.05) is 25.4 Å². The minimum atomic E-state index is -0.266. The maximum Gasteiger partial charge on any atom is 0.272 e. The molecule has 5 nitrogen and oxygen atoms in total. The van der Waals surface area contributed by atoms with Gasteiger partial charge in [-0.3, -0.25) is 4.79 Å². The third-order valence-electron chi connectivity index (χ3n) is 2.49. The summed E-state index contributed by atoms with van der Waals surface area (Å²) in [6.45, 7) is 7.08. The number of nitrogens with zero attached hydrogens (tertiary/aromatic N) is 2. The van der Waals surface area contributed by atoms with Gasteiger partial charge in [-0.15, -0.1) is 10.2 Å². The van der Waals surface area contributed by atoms with Crippen molar-refractivity contribution in [2.45, 2.75) is 26.8 Å². The number of nitrogens with one attached hydrogen (secondary N) is 1. The summed E-state index contributed by atoms with van der Waals surface area (Å²) in [5.41, 5.74) is 0.251. The second kappa shape index (κ2) is 7.28. The van der Waals surface area contributed by atoms with Gasteiger partial charge in [0.1, 0.15) is 0 Å². The number of ether oxygens (including phenoxy) is 1. The number of aromatic nitrogens is 2. The Balaban J connectivity index is 2.63. The Morgan fingerprint density at radius 3 is 2.67 bits per heavy atom. The number of amides is 1. The molecule has 1 rings (SSSR count). The van der Waals surface area contributed by atoms with Crippen LogP contribution in [-0.2, 0) is 4.74 Å². The van der Waals surface area contributed by atoms with Crippen molar-refractivity contribution < 1.29 is 9.53 Å². The Morgan fingerprint density at radius 1 is 1.44 bits per heavy atom. The molecule has 0 aliphatic rings. The van der Waals surface area contributed by atoms with Gasteiger partial charge in [0.05, 0.1) is 12.6 Å². The van der Waals surface area contributed by atoms with E-state index in [1.807, 2.05) is 20.8 Å². The fourth-order valence-electron chi connectivity index (χ4n) is 1.33. The van der Waals surface area contributed by atoms with Crippen molar-refractivity contribution in [3.63, 3.8) is 0 Å². The molecule has 1 N–H and O–H groups in total. The van der Waals surface area contributed by atoms with E-state index in [9.17, 15) is 4.79 Å². The van der Waals surface area contributed by atoms with Crippen LogP contribution in [0.5, 0.6) is 0 Å². The van der Waals surface area contributed by atoms with Gasteiger partial charge in [0.15, 0.2) is 10.8 Å². The molecule has 0 fully saturated rings. The largest absolute Gasteiger partial charge is 0.380 e. The Morgan fingerprint density at radius 2 is 2.17 bits per heavy atom. The monoisotopic (exact) mass is 271 g/mol. The topological polar surface area (TPSA) is 64.1 Å². The predicted molar refractivity (Wildman–Crippen MR) is 69.6 cm³/mol. The number of hydrogen-bond donors (Lipinski definition) is 1. The molecule has 1 aromatic rings. The van der Waals surface area contributed by atoms with Crippen LogP contribution in [-0.4, -0.2) is 35.4 Å². The highest BCUT2D eigenvalue weighted by Crippen LogP contribution is 2.06. The zero-order valence-electron chi connectivity index (χ0n) is 10.8. The van der Waals surface area contributed by atoms with Crippen molar-refractivity contribution in [1.29, 1.82) is 0 Å². The van der Waals surface area contributed by atoms with E-state index in [0.29, 0.717) is 13.2 Å². The standard InChI is InChI=1S/C12H18ClN3O2/c1-4-18-7-10(8(2)3)14-12(17)9-5-6-11(13)16-15-9/h5-6,8,10H,4,7H2,1-3H3,(H,14,17). The number of hydrogen-bond acceptors (Lipinski definition) is 4. The Bertz CT molecular complexity index is 381. The van der Waals surface area contributed by atoms with Gasteiger partial charge in [0, 0.05) is 6.61 Å². The zero-order chi connectivity index (χ0) is 13.5. The van der Waals surface area contributed by atoms with Crippen molar-refractivity contribution in [2.24, 2.45) is 5.92 Å². The van der Waals surface area contributed by atoms with E-state index in [4.69, 9.17) is 16.3 Å². The van der Waals surface area contributed by atoms with Crippen LogP contribution < -0.4 is 5.32 Å². The lowest BCUT2D eigenvalue weighted by molar-refractivity contribution is 0.0801. The zero-order valence-corrected chi connectivity index (χ0v) is 11.6. The Hall–Kier alpha value is -1.20. The molecule has 0 aromatic carbocycles. The highest BCUT2D eigenvalue weighted by Gasteiger charge is 2.18. The fraction of sp³-hybridized carbons (Fsp3) is 0.583. The van der Waals surface area contributed by atoms with Crippen LogP contribution >= 0.6 is 11.6 Å². The quantitative estimate of drug-likeness (QED) is 0.859. The van der Waals surface area contributed by atoms with Gasteiger partial charge in [-0.05, 0) is 25.0 Å². The van der Waals surface area contributed by atoms with Crippen molar-refractivity contribution in [2.75, 3.05) is 13.2 Å². The third kappa shape index (κ3) is 4.58. The first kappa shape index (κ1) is 14.9. The van der Waals surface area contributed by atoms with Crippen molar-refractivity contribution in [1.82, 2.24) is 15.5 Å². The maximum absolute atomic E-state index is 11.9. The normalized spacial score (nSPS) is 12.5. The second-order valence-corrected chi connectivity index (χ2v) is 4.61. The number of carbonyl (C=O) groups excluding carboxylic acids is 1. The number of carbonyl (C=O) groups is 1. The van der Waals surface area contributed by atoms with E-state index in [0.717, 1.165) is 0 Å². The summed E-state index contributed by atoms with van der Waals surface area (Å²) in [5.74, 6) is 0.0123. The van der Waals surface area contributed by atoms with E-state index in [1.54, 1.807) is 6.07 Å². The van der Waals surface area contributed by atoms with Gasteiger partial charge in [0.2, 0.25) is 0 Å². The molecule has 0 aliphatic carbocycles. The molecule has 0 radical (unpaired) electrons. The average Bonchev–Trinajstić information content (AvgIpc) is 2.34. The Kier molecular flexibility index (Phi) is 6.01. The summed E-state index contributed by atoms with van der Waals surface area (Å²) in [5, 5.41) is 10.5. The molecule has 1 heterocycles. The molecule has 0 spiro atoms. The van der Waals surface area contributed by atoms with Crippen LogP contribution in [0.15, 0.2) is 12.1 Å². The molecule has 1 unspecified atom stereocenters. The third-order valence-corrected chi connectivity index (χ3v) is 2.69. The summed E-state index contributed by atoms with van der Waals surface area (Å²) >= 11 is 5.62. The second-order valence-electron chi connectivity index (χ2n) is 4.22. The van der Waals surface area contributed by atoms with Gasteiger partial charge in [0.25, 0.3) is 5.91 Å². The fourth-order valence-corrected chi connectivity index (χ4v) is 1.43. The van der Waals surface area contributed by atoms with Gasteiger partial charge in [-0.25, -0.2) is 0 Å². The maximum atomic E-state index is 11.9. The summed E-state index contributed by atoms with van der Waals surface area (Å²) in [4.78, 5) is 11.9. The molecule has 6 heteroatoms. The van der Waals surface area contributed by atoms with Crippen LogP contribution in [0.25, 0.3) is 0 Å². The molecule has 1 amide bonds. The summed E-state index contributed by atoms with van der Waals surface area (Å²) < 4.78 is 5.34. The van der Waals surface area contributed by atoms with Gasteiger partial charge in [-0.2, -0.15) is 0 Å². The van der Waals surface area contributed by atoms with Crippen molar-refractivity contribution in [3.05, 3.63) is 23.0 Å². The highest BCUT2D eigenvalue weighted by molar-refractivity contribution is 6.29. The molecule has 0 saturated carbocycles. The molecule has 100 valence electrons. The molecule has 1 atom stereocenters. The van der Waals surface area contributed by atoms with Crippen LogP contribution in [0.4, 0.5) is 0 Å². The first-order valence-electron chi connectivity index (χ1n) is 5.92. The average molecular weight is 272 g/mol. The Labute approximate surface area is 112 Å². The van der Waals surface area contributed by atoms with Gasteiger partial charge < -0.3 is 10.1 Å². The van der Waals surface area contributed by atoms with Crippen molar-refractivity contribution in [3.8, 4) is 0 Å². The summed E-state index contributed by atoms with van der Waals surface area (Å²) in [6, 6.07) is 3.04. The molecule has 0 bridgehead atoms. The van der Waals surface area contributed by atoms with Crippen LogP contribution in [0.1, 0.15) is 31.3 Å². The smallest absolute Gasteiger partial charge is 0.272 e. The van der Waals surface area contributed by atoms with E-state index in [1.165, 1.54) is 6.07 Å². The van der Waals surface area contributed by atoms with Crippen LogP contribution in [0.2, 0.25) is 5.15 Å². The lowest BCUT2D eigenvalue weighted by Crippen LogP contribution is -2.42. The SMILES string of the molecule is CCOCC(NC(=O)c1ccc(Cl)nn1)C(C)C. The molecular weight excluding hydrogens is 254 g/mol. The highest BCUT2D eigenvalue weighted by atomic mass is 35.5. The molecular formula is C12H18ClN3O2. The van der Waals surface area contributed by atoms with E-state index in [-0.39, 0.29) is 28.7 Å².